The van der Waals surface area contributed by atoms with Gasteiger partial charge in [0.15, 0.2) is 5.96 Å². The van der Waals surface area contributed by atoms with Gasteiger partial charge in [0.1, 0.15) is 0 Å². The number of guanidine groups is 1. The minimum atomic E-state index is 0.391. The summed E-state index contributed by atoms with van der Waals surface area (Å²) in [6.45, 7) is 2.46. The number of nitrogens with one attached hydrogen (secondary N) is 1. The fraction of sp³-hybridized carbons (Fsp3) is 0.111. The van der Waals surface area contributed by atoms with Gasteiger partial charge in [0.2, 0.25) is 0 Å². The van der Waals surface area contributed by atoms with Crippen LogP contribution in [-0.2, 0) is 6.54 Å². The molecule has 116 valence electrons. The molecule has 0 aliphatic heterocycles. The summed E-state index contributed by atoms with van der Waals surface area (Å²) in [5.74, 6) is 0.391. The average molecular weight is 305 g/mol. The predicted octanol–water partition coefficient (Wildman–Crippen LogP) is 3.11. The molecule has 3 rings (SSSR count). The number of para-hydroxylation sites is 2. The molecule has 0 aliphatic rings. The molecule has 1 heterocycles. The highest BCUT2D eigenvalue weighted by Crippen LogP contribution is 2.15. The number of hydrogen-bond acceptors (Lipinski definition) is 2. The predicted molar refractivity (Wildman–Crippen MR) is 93.7 cm³/mol. The summed E-state index contributed by atoms with van der Waals surface area (Å²) in [7, 11) is 0. The minimum absolute atomic E-state index is 0.391. The minimum Gasteiger partial charge on any atom is -0.370 e. The summed E-state index contributed by atoms with van der Waals surface area (Å²) >= 11 is 0. The lowest BCUT2D eigenvalue weighted by Crippen LogP contribution is -2.22. The van der Waals surface area contributed by atoms with Crippen LogP contribution in [0.4, 0.5) is 5.69 Å². The second-order valence-corrected chi connectivity index (χ2v) is 5.22. The van der Waals surface area contributed by atoms with Gasteiger partial charge >= 0.3 is 0 Å². The second-order valence-electron chi connectivity index (χ2n) is 5.22. The van der Waals surface area contributed by atoms with Crippen LogP contribution in [0.1, 0.15) is 11.3 Å². The van der Waals surface area contributed by atoms with Crippen molar-refractivity contribution in [3.63, 3.8) is 0 Å². The van der Waals surface area contributed by atoms with Gasteiger partial charge < -0.3 is 11.1 Å². The van der Waals surface area contributed by atoms with Crippen LogP contribution >= 0.6 is 0 Å². The Labute approximate surface area is 135 Å². The fourth-order valence-electron chi connectivity index (χ4n) is 2.30. The number of aryl methyl sites for hydroxylation is 1. The Morgan fingerprint density at radius 1 is 1.09 bits per heavy atom. The monoisotopic (exact) mass is 305 g/mol. The van der Waals surface area contributed by atoms with Crippen molar-refractivity contribution in [1.82, 2.24) is 9.78 Å². The van der Waals surface area contributed by atoms with E-state index in [1.165, 1.54) is 0 Å². The van der Waals surface area contributed by atoms with Gasteiger partial charge in [-0.2, -0.15) is 5.10 Å². The molecule has 2 aromatic carbocycles. The number of anilines is 1. The van der Waals surface area contributed by atoms with E-state index in [0.717, 1.165) is 22.6 Å². The number of aliphatic imine (C=N–C) groups is 1. The van der Waals surface area contributed by atoms with Gasteiger partial charge in [-0.15, -0.1) is 0 Å². The van der Waals surface area contributed by atoms with Crippen molar-refractivity contribution in [2.75, 3.05) is 5.32 Å². The standard InChI is InChI=1S/C18H19N5/c1-14-11-12-23(22-14)17-10-6-5-7-15(17)13-20-18(19)21-16-8-3-2-4-9-16/h2-12H,13H2,1H3,(H3,19,20,21). The zero-order valence-corrected chi connectivity index (χ0v) is 13.0. The molecule has 0 saturated carbocycles. The van der Waals surface area contributed by atoms with Crippen molar-refractivity contribution < 1.29 is 0 Å². The Morgan fingerprint density at radius 2 is 1.83 bits per heavy atom. The molecule has 0 fully saturated rings. The third-order valence-electron chi connectivity index (χ3n) is 3.43. The highest BCUT2D eigenvalue weighted by molar-refractivity contribution is 5.92. The molecular weight excluding hydrogens is 286 g/mol. The quantitative estimate of drug-likeness (QED) is 0.575. The number of hydrogen-bond donors (Lipinski definition) is 2. The molecule has 0 spiro atoms. The third kappa shape index (κ3) is 3.77. The van der Waals surface area contributed by atoms with Crippen LogP contribution in [0.25, 0.3) is 5.69 Å². The van der Waals surface area contributed by atoms with E-state index >= 15 is 0 Å². The summed E-state index contributed by atoms with van der Waals surface area (Å²) < 4.78 is 1.86. The highest BCUT2D eigenvalue weighted by atomic mass is 15.3. The molecule has 0 radical (unpaired) electrons. The van der Waals surface area contributed by atoms with Crippen molar-refractivity contribution in [3.8, 4) is 5.69 Å². The summed E-state index contributed by atoms with van der Waals surface area (Å²) in [4.78, 5) is 4.42. The summed E-state index contributed by atoms with van der Waals surface area (Å²) in [5.41, 5.74) is 9.94. The molecule has 3 aromatic rings. The first-order chi connectivity index (χ1) is 11.2. The Kier molecular flexibility index (Phi) is 4.38. The van der Waals surface area contributed by atoms with Gasteiger partial charge in [-0.05, 0) is 36.8 Å². The number of nitrogens with zero attached hydrogens (tertiary/aromatic N) is 3. The van der Waals surface area contributed by atoms with Gasteiger partial charge in [0, 0.05) is 11.9 Å². The molecular formula is C18H19N5. The Bertz CT molecular complexity index is 805. The first-order valence-electron chi connectivity index (χ1n) is 7.45. The van der Waals surface area contributed by atoms with E-state index in [1.54, 1.807) is 0 Å². The van der Waals surface area contributed by atoms with Crippen molar-refractivity contribution in [2.45, 2.75) is 13.5 Å². The van der Waals surface area contributed by atoms with E-state index in [1.807, 2.05) is 78.5 Å². The van der Waals surface area contributed by atoms with E-state index in [-0.39, 0.29) is 0 Å². The Balaban J connectivity index is 1.77. The molecule has 23 heavy (non-hydrogen) atoms. The van der Waals surface area contributed by atoms with Crippen LogP contribution < -0.4 is 11.1 Å². The van der Waals surface area contributed by atoms with Gasteiger partial charge in [0.05, 0.1) is 17.9 Å². The number of rotatable bonds is 4. The lowest BCUT2D eigenvalue weighted by Gasteiger charge is -2.09. The maximum atomic E-state index is 5.96. The van der Waals surface area contributed by atoms with E-state index in [0.29, 0.717) is 12.5 Å². The second kappa shape index (κ2) is 6.79. The molecule has 0 bridgehead atoms. The topological polar surface area (TPSA) is 68.2 Å². The lowest BCUT2D eigenvalue weighted by molar-refractivity contribution is 0.844. The molecule has 0 amide bonds. The highest BCUT2D eigenvalue weighted by Gasteiger charge is 2.05. The van der Waals surface area contributed by atoms with Crippen molar-refractivity contribution in [1.29, 1.82) is 0 Å². The van der Waals surface area contributed by atoms with Crippen molar-refractivity contribution in [3.05, 3.63) is 78.1 Å². The van der Waals surface area contributed by atoms with Gasteiger partial charge in [0.25, 0.3) is 0 Å². The lowest BCUT2D eigenvalue weighted by atomic mass is 10.2. The molecule has 3 N–H and O–H groups in total. The van der Waals surface area contributed by atoms with Crippen LogP contribution in [0.3, 0.4) is 0 Å². The first kappa shape index (κ1) is 14.8. The van der Waals surface area contributed by atoms with Gasteiger partial charge in [-0.25, -0.2) is 9.67 Å². The van der Waals surface area contributed by atoms with E-state index in [2.05, 4.69) is 15.4 Å². The van der Waals surface area contributed by atoms with Crippen molar-refractivity contribution in [2.24, 2.45) is 10.7 Å². The molecule has 0 atom stereocenters. The summed E-state index contributed by atoms with van der Waals surface area (Å²) in [5, 5.41) is 7.54. The third-order valence-corrected chi connectivity index (χ3v) is 3.43. The molecule has 5 nitrogen and oxygen atoms in total. The van der Waals surface area contributed by atoms with Gasteiger partial charge in [-0.3, -0.25) is 0 Å². The molecule has 0 aliphatic carbocycles. The fourth-order valence-corrected chi connectivity index (χ4v) is 2.30. The van der Waals surface area contributed by atoms with Crippen LogP contribution in [0.15, 0.2) is 71.9 Å². The maximum Gasteiger partial charge on any atom is 0.193 e. The Hall–Kier alpha value is -3.08. The SMILES string of the molecule is Cc1ccn(-c2ccccc2CN=C(N)Nc2ccccc2)n1. The number of benzene rings is 2. The van der Waals surface area contributed by atoms with Gasteiger partial charge in [-0.1, -0.05) is 36.4 Å². The smallest absolute Gasteiger partial charge is 0.193 e. The molecule has 0 unspecified atom stereocenters. The summed E-state index contributed by atoms with van der Waals surface area (Å²) in [6.07, 6.45) is 1.95. The summed E-state index contributed by atoms with van der Waals surface area (Å²) in [6, 6.07) is 19.8. The van der Waals surface area contributed by atoms with Crippen LogP contribution in [0, 0.1) is 6.92 Å². The molecule has 0 saturated heterocycles. The van der Waals surface area contributed by atoms with Crippen LogP contribution in [0.2, 0.25) is 0 Å². The van der Waals surface area contributed by atoms with Crippen LogP contribution in [0.5, 0.6) is 0 Å². The molecule has 1 aromatic heterocycles. The van der Waals surface area contributed by atoms with Crippen LogP contribution in [-0.4, -0.2) is 15.7 Å². The number of aromatic nitrogens is 2. The normalized spacial score (nSPS) is 11.4. The first-order valence-corrected chi connectivity index (χ1v) is 7.45. The van der Waals surface area contributed by atoms with E-state index in [4.69, 9.17) is 5.73 Å². The number of nitrogens with two attached hydrogens (primary N) is 1. The maximum absolute atomic E-state index is 5.96. The van der Waals surface area contributed by atoms with Crippen molar-refractivity contribution >= 4 is 11.6 Å². The zero-order valence-electron chi connectivity index (χ0n) is 13.0. The largest absolute Gasteiger partial charge is 0.370 e. The average Bonchev–Trinajstić information content (AvgIpc) is 3.00. The van der Waals surface area contributed by atoms with E-state index in [9.17, 15) is 0 Å². The van der Waals surface area contributed by atoms with E-state index < -0.39 is 0 Å². The molecule has 5 heteroatoms. The zero-order chi connectivity index (χ0) is 16.1. The Morgan fingerprint density at radius 3 is 2.57 bits per heavy atom.